The Kier molecular flexibility index (Phi) is 5.33. The minimum atomic E-state index is -4.58. The van der Waals surface area contributed by atoms with Gasteiger partial charge in [-0.25, -0.2) is 8.42 Å². The highest BCUT2D eigenvalue weighted by Crippen LogP contribution is 2.35. The van der Waals surface area contributed by atoms with Crippen LogP contribution < -0.4 is 0 Å². The van der Waals surface area contributed by atoms with E-state index in [1.54, 1.807) is 30.3 Å². The van der Waals surface area contributed by atoms with Crippen molar-refractivity contribution in [3.8, 4) is 11.1 Å². The van der Waals surface area contributed by atoms with Crippen LogP contribution in [0.2, 0.25) is 5.02 Å². The zero-order valence-electron chi connectivity index (χ0n) is 13.7. The van der Waals surface area contributed by atoms with Gasteiger partial charge < -0.3 is 0 Å². The van der Waals surface area contributed by atoms with Gasteiger partial charge in [-0.1, -0.05) is 42.3 Å². The topological polar surface area (TPSA) is 37.4 Å². The Bertz CT molecular complexity index is 882. The van der Waals surface area contributed by atoms with E-state index in [-0.39, 0.29) is 17.9 Å². The summed E-state index contributed by atoms with van der Waals surface area (Å²) >= 11 is 5.95. The van der Waals surface area contributed by atoms with Crippen molar-refractivity contribution in [3.05, 3.63) is 53.6 Å². The maximum atomic E-state index is 13.2. The van der Waals surface area contributed by atoms with Gasteiger partial charge >= 0.3 is 6.18 Å². The lowest BCUT2D eigenvalue weighted by Crippen LogP contribution is -2.51. The molecule has 1 saturated heterocycles. The number of halogens is 4. The highest BCUT2D eigenvalue weighted by atomic mass is 35.5. The monoisotopic (exact) mass is 403 g/mol. The second-order valence-electron chi connectivity index (χ2n) is 6.20. The molecule has 0 bridgehead atoms. The standard InChI is InChI=1S/C18H17ClF3NO2S/c19-15-5-3-4-14(12-15)13-7-9-16(10-8-13)26(24,25)23-11-2-1-6-17(23)18(20,21)22/h3-5,7-10,12,17H,1-2,6,11H2. The largest absolute Gasteiger partial charge is 0.405 e. The number of hydrogen-bond acceptors (Lipinski definition) is 2. The van der Waals surface area contributed by atoms with Gasteiger partial charge in [-0.2, -0.15) is 17.5 Å². The Labute approximate surface area is 155 Å². The summed E-state index contributed by atoms with van der Waals surface area (Å²) in [6.45, 7) is -0.122. The quantitative estimate of drug-likeness (QED) is 0.714. The summed E-state index contributed by atoms with van der Waals surface area (Å²) in [5.74, 6) is 0. The zero-order valence-corrected chi connectivity index (χ0v) is 15.3. The molecule has 140 valence electrons. The fourth-order valence-corrected chi connectivity index (χ4v) is 5.01. The van der Waals surface area contributed by atoms with Crippen molar-refractivity contribution >= 4 is 21.6 Å². The predicted molar refractivity (Wildman–Crippen MR) is 94.5 cm³/mol. The van der Waals surface area contributed by atoms with E-state index >= 15 is 0 Å². The lowest BCUT2D eigenvalue weighted by atomic mass is 10.0. The Morgan fingerprint density at radius 3 is 2.31 bits per heavy atom. The van der Waals surface area contributed by atoms with Crippen LogP contribution in [0.3, 0.4) is 0 Å². The van der Waals surface area contributed by atoms with E-state index in [0.29, 0.717) is 22.2 Å². The van der Waals surface area contributed by atoms with E-state index in [1.807, 2.05) is 6.07 Å². The summed E-state index contributed by atoms with van der Waals surface area (Å²) < 4.78 is 65.8. The molecular formula is C18H17ClF3NO2S. The fourth-order valence-electron chi connectivity index (χ4n) is 3.14. The van der Waals surface area contributed by atoms with E-state index in [4.69, 9.17) is 11.6 Å². The van der Waals surface area contributed by atoms with Crippen LogP contribution in [0.15, 0.2) is 53.4 Å². The first kappa shape index (κ1) is 19.2. The number of sulfonamides is 1. The molecule has 2 aromatic carbocycles. The van der Waals surface area contributed by atoms with Crippen molar-refractivity contribution in [2.24, 2.45) is 0 Å². The van der Waals surface area contributed by atoms with Gasteiger partial charge in [0.25, 0.3) is 0 Å². The maximum Gasteiger partial charge on any atom is 0.405 e. The van der Waals surface area contributed by atoms with Crippen LogP contribution in [0.5, 0.6) is 0 Å². The number of benzene rings is 2. The zero-order chi connectivity index (χ0) is 18.9. The number of hydrogen-bond donors (Lipinski definition) is 0. The first-order chi connectivity index (χ1) is 12.2. The molecule has 26 heavy (non-hydrogen) atoms. The third-order valence-electron chi connectivity index (χ3n) is 4.45. The normalized spacial score (nSPS) is 19.5. The molecule has 1 fully saturated rings. The molecule has 1 heterocycles. The van der Waals surface area contributed by atoms with Gasteiger partial charge in [0.15, 0.2) is 0 Å². The average molecular weight is 404 g/mol. The molecule has 0 aromatic heterocycles. The predicted octanol–water partition coefficient (Wildman–Crippen LogP) is 5.11. The summed E-state index contributed by atoms with van der Waals surface area (Å²) in [6, 6.07) is 10.9. The number of rotatable bonds is 3. The van der Waals surface area contributed by atoms with E-state index in [0.717, 1.165) is 11.1 Å². The van der Waals surface area contributed by atoms with Gasteiger partial charge in [0.05, 0.1) is 4.90 Å². The molecule has 8 heteroatoms. The molecule has 0 N–H and O–H groups in total. The number of nitrogens with zero attached hydrogens (tertiary/aromatic N) is 1. The second kappa shape index (κ2) is 7.21. The van der Waals surface area contributed by atoms with Crippen LogP contribution in [0, 0.1) is 0 Å². The molecular weight excluding hydrogens is 387 g/mol. The van der Waals surface area contributed by atoms with Gasteiger partial charge in [-0.15, -0.1) is 0 Å². The van der Waals surface area contributed by atoms with Crippen molar-refractivity contribution in [3.63, 3.8) is 0 Å². The highest BCUT2D eigenvalue weighted by molar-refractivity contribution is 7.89. The van der Waals surface area contributed by atoms with Gasteiger partial charge in [0.2, 0.25) is 10.0 Å². The van der Waals surface area contributed by atoms with Crippen LogP contribution in [-0.2, 0) is 10.0 Å². The lowest BCUT2D eigenvalue weighted by molar-refractivity contribution is -0.177. The molecule has 1 atom stereocenters. The average Bonchev–Trinajstić information content (AvgIpc) is 2.61. The molecule has 3 rings (SSSR count). The fraction of sp³-hybridized carbons (Fsp3) is 0.333. The third-order valence-corrected chi connectivity index (χ3v) is 6.61. The van der Waals surface area contributed by atoms with Crippen LogP contribution in [0.1, 0.15) is 19.3 Å². The number of piperidine rings is 1. The maximum absolute atomic E-state index is 13.2. The summed E-state index contributed by atoms with van der Waals surface area (Å²) in [6.07, 6.45) is -3.99. The number of alkyl halides is 3. The molecule has 0 amide bonds. The van der Waals surface area contributed by atoms with E-state index in [2.05, 4.69) is 0 Å². The molecule has 0 aliphatic carbocycles. The molecule has 1 unspecified atom stereocenters. The smallest absolute Gasteiger partial charge is 0.207 e. The van der Waals surface area contributed by atoms with Crippen molar-refractivity contribution in [1.29, 1.82) is 0 Å². The summed E-state index contributed by atoms with van der Waals surface area (Å²) in [5, 5.41) is 0.542. The van der Waals surface area contributed by atoms with Crippen LogP contribution >= 0.6 is 11.6 Å². The van der Waals surface area contributed by atoms with Crippen molar-refractivity contribution < 1.29 is 21.6 Å². The SMILES string of the molecule is O=S(=O)(c1ccc(-c2cccc(Cl)c2)cc1)N1CCCCC1C(F)(F)F. The van der Waals surface area contributed by atoms with Crippen molar-refractivity contribution in [1.82, 2.24) is 4.31 Å². The molecule has 0 spiro atoms. The van der Waals surface area contributed by atoms with Crippen LogP contribution in [-0.4, -0.2) is 31.5 Å². The molecule has 0 radical (unpaired) electrons. The lowest BCUT2D eigenvalue weighted by Gasteiger charge is -2.35. The first-order valence-corrected chi connectivity index (χ1v) is 9.96. The molecule has 1 aliphatic rings. The van der Waals surface area contributed by atoms with Crippen LogP contribution in [0.4, 0.5) is 13.2 Å². The van der Waals surface area contributed by atoms with Gasteiger partial charge in [-0.05, 0) is 48.2 Å². The molecule has 3 nitrogen and oxygen atoms in total. The highest BCUT2D eigenvalue weighted by Gasteiger charge is 2.48. The van der Waals surface area contributed by atoms with Crippen LogP contribution in [0.25, 0.3) is 11.1 Å². The minimum Gasteiger partial charge on any atom is -0.207 e. The van der Waals surface area contributed by atoms with E-state index < -0.39 is 22.2 Å². The Hall–Kier alpha value is -1.57. The minimum absolute atomic E-state index is 0.122. The van der Waals surface area contributed by atoms with E-state index in [1.165, 1.54) is 12.1 Å². The first-order valence-electron chi connectivity index (χ1n) is 8.14. The molecule has 0 saturated carbocycles. The Balaban J connectivity index is 1.92. The van der Waals surface area contributed by atoms with Crippen molar-refractivity contribution in [2.45, 2.75) is 36.4 Å². The van der Waals surface area contributed by atoms with Crippen molar-refractivity contribution in [2.75, 3.05) is 6.54 Å². The summed E-state index contributed by atoms with van der Waals surface area (Å²) in [5.41, 5.74) is 1.53. The Morgan fingerprint density at radius 2 is 1.69 bits per heavy atom. The third kappa shape index (κ3) is 3.89. The van der Waals surface area contributed by atoms with E-state index in [9.17, 15) is 21.6 Å². The van der Waals surface area contributed by atoms with Gasteiger partial charge in [-0.3, -0.25) is 0 Å². The molecule has 2 aromatic rings. The van der Waals surface area contributed by atoms with Gasteiger partial charge in [0.1, 0.15) is 6.04 Å². The second-order valence-corrected chi connectivity index (χ2v) is 8.53. The van der Waals surface area contributed by atoms with Gasteiger partial charge in [0, 0.05) is 11.6 Å². The summed E-state index contributed by atoms with van der Waals surface area (Å²) in [7, 11) is -4.21. The molecule has 1 aliphatic heterocycles. The Morgan fingerprint density at radius 1 is 1.00 bits per heavy atom. The summed E-state index contributed by atoms with van der Waals surface area (Å²) in [4.78, 5) is -0.139.